The summed E-state index contributed by atoms with van der Waals surface area (Å²) in [5.74, 6) is 1.09. The summed E-state index contributed by atoms with van der Waals surface area (Å²) in [6.45, 7) is 8.92. The van der Waals surface area contributed by atoms with Gasteiger partial charge >= 0.3 is 0 Å². The highest BCUT2D eigenvalue weighted by atomic mass is 16.3. The summed E-state index contributed by atoms with van der Waals surface area (Å²) in [6, 6.07) is 4.47. The van der Waals surface area contributed by atoms with E-state index in [2.05, 4.69) is 35.2 Å². The molecule has 1 atom stereocenters. The third-order valence-electron chi connectivity index (χ3n) is 3.91. The average molecular weight is 265 g/mol. The van der Waals surface area contributed by atoms with E-state index in [1.165, 1.54) is 12.8 Å². The summed E-state index contributed by atoms with van der Waals surface area (Å²) < 4.78 is 5.65. The maximum atomic E-state index is 5.65. The number of likely N-dealkylation sites (N-methyl/N-ethyl adjacent to an activating group) is 1. The standard InChI is InChI=1S/C15H27N3O/c1-3-4-9-17(2)14(15-6-5-12-19-15)13-18-10-7-16-8-11-18/h5-6,12,14,16H,3-4,7-11,13H2,1-2H3. The molecule has 0 radical (unpaired) electrons. The second-order valence-electron chi connectivity index (χ2n) is 5.42. The molecule has 0 saturated carbocycles. The first-order chi connectivity index (χ1) is 9.31. The molecule has 108 valence electrons. The van der Waals surface area contributed by atoms with Crippen LogP contribution >= 0.6 is 0 Å². The lowest BCUT2D eigenvalue weighted by molar-refractivity contribution is 0.134. The van der Waals surface area contributed by atoms with E-state index in [-0.39, 0.29) is 0 Å². The van der Waals surface area contributed by atoms with Gasteiger partial charge in [0.2, 0.25) is 0 Å². The fourth-order valence-corrected chi connectivity index (χ4v) is 2.63. The van der Waals surface area contributed by atoms with E-state index in [1.807, 2.05) is 6.07 Å². The number of unbranched alkanes of at least 4 members (excludes halogenated alkanes) is 1. The highest BCUT2D eigenvalue weighted by Gasteiger charge is 2.23. The minimum absolute atomic E-state index is 0.375. The summed E-state index contributed by atoms with van der Waals surface area (Å²) in [5.41, 5.74) is 0. The molecule has 1 N–H and O–H groups in total. The minimum Gasteiger partial charge on any atom is -0.468 e. The van der Waals surface area contributed by atoms with Gasteiger partial charge in [-0.1, -0.05) is 13.3 Å². The van der Waals surface area contributed by atoms with E-state index in [4.69, 9.17) is 4.42 Å². The molecule has 1 aliphatic rings. The minimum atomic E-state index is 0.375. The summed E-state index contributed by atoms with van der Waals surface area (Å²) in [7, 11) is 2.21. The molecule has 0 aliphatic carbocycles. The predicted octanol–water partition coefficient (Wildman–Crippen LogP) is 1.96. The lowest BCUT2D eigenvalue weighted by Gasteiger charge is -2.34. The van der Waals surface area contributed by atoms with Crippen molar-refractivity contribution in [2.24, 2.45) is 0 Å². The molecule has 0 amide bonds. The SMILES string of the molecule is CCCCN(C)C(CN1CCNCC1)c1ccco1. The smallest absolute Gasteiger partial charge is 0.122 e. The molecule has 1 unspecified atom stereocenters. The van der Waals surface area contributed by atoms with Crippen molar-refractivity contribution in [2.45, 2.75) is 25.8 Å². The van der Waals surface area contributed by atoms with Crippen LogP contribution in [-0.4, -0.2) is 56.1 Å². The van der Waals surface area contributed by atoms with Crippen molar-refractivity contribution < 1.29 is 4.42 Å². The van der Waals surface area contributed by atoms with E-state index < -0.39 is 0 Å². The monoisotopic (exact) mass is 265 g/mol. The number of piperazine rings is 1. The van der Waals surface area contributed by atoms with E-state index in [1.54, 1.807) is 6.26 Å². The van der Waals surface area contributed by atoms with Crippen LogP contribution in [0.1, 0.15) is 31.6 Å². The molecule has 2 heterocycles. The molecule has 4 nitrogen and oxygen atoms in total. The van der Waals surface area contributed by atoms with E-state index in [9.17, 15) is 0 Å². The first-order valence-corrected chi connectivity index (χ1v) is 7.48. The van der Waals surface area contributed by atoms with Gasteiger partial charge in [-0.05, 0) is 32.1 Å². The Morgan fingerprint density at radius 2 is 2.21 bits per heavy atom. The molecule has 1 fully saturated rings. The summed E-state index contributed by atoms with van der Waals surface area (Å²) in [4.78, 5) is 4.97. The van der Waals surface area contributed by atoms with E-state index in [0.717, 1.165) is 45.0 Å². The summed E-state index contributed by atoms with van der Waals surface area (Å²) in [6.07, 6.45) is 4.27. The van der Waals surface area contributed by atoms with Crippen molar-refractivity contribution in [3.63, 3.8) is 0 Å². The van der Waals surface area contributed by atoms with Crippen LogP contribution in [0.3, 0.4) is 0 Å². The Kier molecular flexibility index (Phi) is 5.89. The van der Waals surface area contributed by atoms with Gasteiger partial charge in [-0.25, -0.2) is 0 Å². The zero-order chi connectivity index (χ0) is 13.5. The van der Waals surface area contributed by atoms with Gasteiger partial charge in [0.15, 0.2) is 0 Å². The van der Waals surface area contributed by atoms with Crippen LogP contribution in [0.25, 0.3) is 0 Å². The molecule has 0 spiro atoms. The Labute approximate surface area is 116 Å². The Morgan fingerprint density at radius 3 is 2.84 bits per heavy atom. The van der Waals surface area contributed by atoms with Crippen LogP contribution in [0.4, 0.5) is 0 Å². The Bertz CT molecular complexity index is 333. The Balaban J connectivity index is 1.97. The molecule has 1 aromatic rings. The molecule has 0 aromatic carbocycles. The summed E-state index contributed by atoms with van der Waals surface area (Å²) in [5, 5.41) is 3.41. The van der Waals surface area contributed by atoms with E-state index in [0.29, 0.717) is 6.04 Å². The van der Waals surface area contributed by atoms with Crippen LogP contribution in [0, 0.1) is 0 Å². The van der Waals surface area contributed by atoms with Crippen molar-refractivity contribution in [1.29, 1.82) is 0 Å². The Morgan fingerprint density at radius 1 is 1.42 bits per heavy atom. The van der Waals surface area contributed by atoms with Crippen LogP contribution in [0.5, 0.6) is 0 Å². The van der Waals surface area contributed by atoms with Gasteiger partial charge in [0, 0.05) is 32.7 Å². The topological polar surface area (TPSA) is 31.6 Å². The number of hydrogen-bond donors (Lipinski definition) is 1. The molecule has 2 rings (SSSR count). The van der Waals surface area contributed by atoms with Crippen molar-refractivity contribution in [3.05, 3.63) is 24.2 Å². The first-order valence-electron chi connectivity index (χ1n) is 7.48. The molecule has 0 bridgehead atoms. The number of rotatable bonds is 7. The van der Waals surface area contributed by atoms with Crippen LogP contribution in [0.2, 0.25) is 0 Å². The van der Waals surface area contributed by atoms with Gasteiger partial charge in [0.1, 0.15) is 5.76 Å². The van der Waals surface area contributed by atoms with Gasteiger partial charge < -0.3 is 9.73 Å². The second kappa shape index (κ2) is 7.68. The van der Waals surface area contributed by atoms with Gasteiger partial charge in [-0.15, -0.1) is 0 Å². The van der Waals surface area contributed by atoms with E-state index >= 15 is 0 Å². The highest BCUT2D eigenvalue weighted by molar-refractivity contribution is 5.05. The third-order valence-corrected chi connectivity index (χ3v) is 3.91. The second-order valence-corrected chi connectivity index (χ2v) is 5.42. The van der Waals surface area contributed by atoms with Crippen LogP contribution in [-0.2, 0) is 0 Å². The fourth-order valence-electron chi connectivity index (χ4n) is 2.63. The van der Waals surface area contributed by atoms with Gasteiger partial charge in [-0.3, -0.25) is 9.80 Å². The molecule has 4 heteroatoms. The fraction of sp³-hybridized carbons (Fsp3) is 0.733. The quantitative estimate of drug-likeness (QED) is 0.816. The molecular formula is C15H27N3O. The number of furan rings is 1. The lowest BCUT2D eigenvalue weighted by Crippen LogP contribution is -2.46. The maximum absolute atomic E-state index is 5.65. The largest absolute Gasteiger partial charge is 0.468 e. The normalized spacial score (nSPS) is 18.9. The zero-order valence-corrected chi connectivity index (χ0v) is 12.3. The molecular weight excluding hydrogens is 238 g/mol. The molecule has 19 heavy (non-hydrogen) atoms. The number of nitrogens with one attached hydrogen (secondary N) is 1. The van der Waals surface area contributed by atoms with Crippen molar-refractivity contribution >= 4 is 0 Å². The third kappa shape index (κ3) is 4.34. The average Bonchev–Trinajstić information content (AvgIpc) is 2.97. The lowest BCUT2D eigenvalue weighted by atomic mass is 10.1. The van der Waals surface area contributed by atoms with Gasteiger partial charge in [-0.2, -0.15) is 0 Å². The van der Waals surface area contributed by atoms with Gasteiger partial charge in [0.05, 0.1) is 12.3 Å². The zero-order valence-electron chi connectivity index (χ0n) is 12.3. The Hall–Kier alpha value is -0.840. The van der Waals surface area contributed by atoms with Gasteiger partial charge in [0.25, 0.3) is 0 Å². The van der Waals surface area contributed by atoms with Crippen LogP contribution < -0.4 is 5.32 Å². The first kappa shape index (κ1) is 14.6. The number of hydrogen-bond acceptors (Lipinski definition) is 4. The summed E-state index contributed by atoms with van der Waals surface area (Å²) >= 11 is 0. The predicted molar refractivity (Wildman–Crippen MR) is 78.3 cm³/mol. The molecule has 1 aliphatic heterocycles. The molecule has 1 aromatic heterocycles. The number of nitrogens with zero attached hydrogens (tertiary/aromatic N) is 2. The van der Waals surface area contributed by atoms with Crippen molar-refractivity contribution in [1.82, 2.24) is 15.1 Å². The highest BCUT2D eigenvalue weighted by Crippen LogP contribution is 2.22. The van der Waals surface area contributed by atoms with Crippen molar-refractivity contribution in [2.75, 3.05) is 46.3 Å². The molecule has 1 saturated heterocycles. The van der Waals surface area contributed by atoms with Crippen LogP contribution in [0.15, 0.2) is 22.8 Å². The maximum Gasteiger partial charge on any atom is 0.122 e. The van der Waals surface area contributed by atoms with Crippen molar-refractivity contribution in [3.8, 4) is 0 Å².